The first-order chi connectivity index (χ1) is 11.4. The normalized spacial score (nSPS) is 12.8. The summed E-state index contributed by atoms with van der Waals surface area (Å²) in [5, 5.41) is 5.64. The van der Waals surface area contributed by atoms with E-state index < -0.39 is 0 Å². The van der Waals surface area contributed by atoms with E-state index in [-0.39, 0.29) is 12.4 Å². The van der Waals surface area contributed by atoms with Crippen LogP contribution in [0.4, 0.5) is 0 Å². The van der Waals surface area contributed by atoms with Crippen molar-refractivity contribution in [2.45, 2.75) is 25.7 Å². The Balaban J connectivity index is 0.000000245. The first-order valence-corrected chi connectivity index (χ1v) is 8.33. The van der Waals surface area contributed by atoms with Crippen LogP contribution in [0.2, 0.25) is 0 Å². The molecule has 122 valence electrons. The van der Waals surface area contributed by atoms with Gasteiger partial charge in [-0.3, -0.25) is 0 Å². The standard InChI is InChI=1S/C18H16.C4H4O.ClH/c1-3-7-15-13(5-1)9-11-18-16-8-4-2-6-14(16)10-12-17(15)18;1-2-4-5-3-1;/h1,3,5,7,9-12H,2,4,6,8H2;1-4H;1H. The number of hydrogen-bond donors (Lipinski definition) is 0. The third-order valence-electron chi connectivity index (χ3n) is 4.68. The average molecular weight is 337 g/mol. The second-order valence-electron chi connectivity index (χ2n) is 6.09. The summed E-state index contributed by atoms with van der Waals surface area (Å²) in [6, 6.07) is 21.6. The lowest BCUT2D eigenvalue weighted by atomic mass is 9.86. The van der Waals surface area contributed by atoms with E-state index in [4.69, 9.17) is 0 Å². The molecule has 0 N–H and O–H groups in total. The minimum Gasteiger partial charge on any atom is -0.473 e. The van der Waals surface area contributed by atoms with Gasteiger partial charge in [-0.15, -0.1) is 12.4 Å². The Bertz CT molecular complexity index is 908. The predicted molar refractivity (Wildman–Crippen MR) is 104 cm³/mol. The van der Waals surface area contributed by atoms with Crippen LogP contribution in [-0.4, -0.2) is 0 Å². The second kappa shape index (κ2) is 7.55. The molecule has 1 aromatic heterocycles. The third-order valence-corrected chi connectivity index (χ3v) is 4.68. The molecule has 3 aromatic carbocycles. The average Bonchev–Trinajstić information content (AvgIpc) is 3.21. The van der Waals surface area contributed by atoms with Gasteiger partial charge in [-0.05, 0) is 70.5 Å². The fourth-order valence-electron chi connectivity index (χ4n) is 3.57. The molecule has 24 heavy (non-hydrogen) atoms. The minimum absolute atomic E-state index is 0. The van der Waals surface area contributed by atoms with Crippen molar-refractivity contribution in [3.63, 3.8) is 0 Å². The number of hydrogen-bond acceptors (Lipinski definition) is 1. The zero-order valence-electron chi connectivity index (χ0n) is 13.6. The van der Waals surface area contributed by atoms with Gasteiger partial charge in [-0.2, -0.15) is 0 Å². The van der Waals surface area contributed by atoms with Crippen molar-refractivity contribution in [3.05, 3.63) is 84.3 Å². The lowest BCUT2D eigenvalue weighted by Gasteiger charge is -2.18. The van der Waals surface area contributed by atoms with E-state index in [1.165, 1.54) is 47.2 Å². The van der Waals surface area contributed by atoms with Crippen molar-refractivity contribution in [1.82, 2.24) is 0 Å². The zero-order valence-corrected chi connectivity index (χ0v) is 14.4. The minimum atomic E-state index is 0. The molecule has 1 aliphatic carbocycles. The quantitative estimate of drug-likeness (QED) is 0.331. The van der Waals surface area contributed by atoms with E-state index in [1.54, 1.807) is 23.7 Å². The summed E-state index contributed by atoms with van der Waals surface area (Å²) in [6.45, 7) is 0. The van der Waals surface area contributed by atoms with Crippen LogP contribution in [0.1, 0.15) is 24.0 Å². The molecular formula is C22H21ClO. The molecule has 1 nitrogen and oxygen atoms in total. The molecule has 0 amide bonds. The Hall–Kier alpha value is -2.25. The highest BCUT2D eigenvalue weighted by molar-refractivity contribution is 6.08. The van der Waals surface area contributed by atoms with E-state index in [0.29, 0.717) is 0 Å². The van der Waals surface area contributed by atoms with Crippen LogP contribution in [0.25, 0.3) is 21.5 Å². The Kier molecular flexibility index (Phi) is 5.22. The first-order valence-electron chi connectivity index (χ1n) is 8.33. The van der Waals surface area contributed by atoms with E-state index in [0.717, 1.165) is 0 Å². The molecule has 0 saturated heterocycles. The molecule has 2 heteroatoms. The van der Waals surface area contributed by atoms with Crippen LogP contribution in [-0.2, 0) is 12.8 Å². The molecule has 0 atom stereocenters. The fourth-order valence-corrected chi connectivity index (χ4v) is 3.57. The predicted octanol–water partition coefficient (Wildman–Crippen LogP) is 6.57. The van der Waals surface area contributed by atoms with Crippen molar-refractivity contribution in [3.8, 4) is 0 Å². The van der Waals surface area contributed by atoms with Crippen LogP contribution < -0.4 is 0 Å². The van der Waals surface area contributed by atoms with Crippen LogP contribution >= 0.6 is 12.4 Å². The molecule has 0 radical (unpaired) electrons. The van der Waals surface area contributed by atoms with Gasteiger partial charge >= 0.3 is 0 Å². The Morgan fingerprint density at radius 1 is 0.625 bits per heavy atom. The maximum atomic E-state index is 4.58. The Morgan fingerprint density at radius 2 is 1.38 bits per heavy atom. The van der Waals surface area contributed by atoms with Gasteiger partial charge in [0.15, 0.2) is 0 Å². The fraction of sp³-hybridized carbons (Fsp3) is 0.182. The van der Waals surface area contributed by atoms with Crippen LogP contribution in [0.15, 0.2) is 77.6 Å². The van der Waals surface area contributed by atoms with E-state index in [9.17, 15) is 0 Å². The van der Waals surface area contributed by atoms with Crippen LogP contribution in [0, 0.1) is 0 Å². The lowest BCUT2D eigenvalue weighted by molar-refractivity contribution is 0.567. The van der Waals surface area contributed by atoms with Crippen LogP contribution in [0.3, 0.4) is 0 Å². The topological polar surface area (TPSA) is 13.1 Å². The van der Waals surface area contributed by atoms with Gasteiger partial charge < -0.3 is 4.42 Å². The second-order valence-corrected chi connectivity index (χ2v) is 6.09. The molecule has 5 rings (SSSR count). The molecule has 0 spiro atoms. The van der Waals surface area contributed by atoms with Crippen molar-refractivity contribution in [1.29, 1.82) is 0 Å². The highest BCUT2D eigenvalue weighted by Crippen LogP contribution is 2.33. The highest BCUT2D eigenvalue weighted by atomic mass is 35.5. The van der Waals surface area contributed by atoms with Crippen molar-refractivity contribution >= 4 is 34.0 Å². The zero-order chi connectivity index (χ0) is 15.5. The van der Waals surface area contributed by atoms with Gasteiger partial charge in [0.25, 0.3) is 0 Å². The number of benzene rings is 3. The maximum Gasteiger partial charge on any atom is 0.0902 e. The number of aryl methyl sites for hydroxylation is 2. The molecule has 0 saturated carbocycles. The number of furan rings is 1. The lowest BCUT2D eigenvalue weighted by Crippen LogP contribution is -2.02. The third kappa shape index (κ3) is 3.18. The summed E-state index contributed by atoms with van der Waals surface area (Å²) in [7, 11) is 0. The monoisotopic (exact) mass is 336 g/mol. The summed E-state index contributed by atoms with van der Waals surface area (Å²) in [5.74, 6) is 0. The molecule has 1 heterocycles. The summed E-state index contributed by atoms with van der Waals surface area (Å²) >= 11 is 0. The summed E-state index contributed by atoms with van der Waals surface area (Å²) < 4.78 is 4.58. The molecule has 0 bridgehead atoms. The van der Waals surface area contributed by atoms with Crippen LogP contribution in [0.5, 0.6) is 0 Å². The largest absolute Gasteiger partial charge is 0.473 e. The van der Waals surface area contributed by atoms with Gasteiger partial charge in [0.05, 0.1) is 12.5 Å². The molecule has 0 unspecified atom stereocenters. The van der Waals surface area contributed by atoms with Gasteiger partial charge in [-0.25, -0.2) is 0 Å². The smallest absolute Gasteiger partial charge is 0.0902 e. The molecule has 1 aliphatic rings. The Morgan fingerprint density at radius 3 is 2.17 bits per heavy atom. The SMILES string of the molecule is Cl.c1ccc2c(c1)ccc1c3c(ccc12)CCCC3.c1ccoc1. The van der Waals surface area contributed by atoms with E-state index in [1.807, 2.05) is 12.1 Å². The first kappa shape index (κ1) is 16.6. The summed E-state index contributed by atoms with van der Waals surface area (Å²) in [5.41, 5.74) is 3.17. The summed E-state index contributed by atoms with van der Waals surface area (Å²) in [6.07, 6.45) is 8.47. The van der Waals surface area contributed by atoms with Crippen molar-refractivity contribution in [2.24, 2.45) is 0 Å². The van der Waals surface area contributed by atoms with E-state index >= 15 is 0 Å². The van der Waals surface area contributed by atoms with Crippen molar-refractivity contribution < 1.29 is 4.42 Å². The molecular weight excluding hydrogens is 316 g/mol. The molecule has 0 fully saturated rings. The summed E-state index contributed by atoms with van der Waals surface area (Å²) in [4.78, 5) is 0. The molecule has 4 aromatic rings. The highest BCUT2D eigenvalue weighted by Gasteiger charge is 2.13. The number of fused-ring (bicyclic) bond motifs is 5. The Labute approximate surface area is 148 Å². The number of halogens is 1. The number of rotatable bonds is 0. The van der Waals surface area contributed by atoms with Crippen molar-refractivity contribution in [2.75, 3.05) is 0 Å². The van der Waals surface area contributed by atoms with Gasteiger partial charge in [0.1, 0.15) is 0 Å². The van der Waals surface area contributed by atoms with Gasteiger partial charge in [0.2, 0.25) is 0 Å². The molecule has 0 aliphatic heterocycles. The van der Waals surface area contributed by atoms with Gasteiger partial charge in [-0.1, -0.05) is 48.5 Å². The van der Waals surface area contributed by atoms with Gasteiger partial charge in [0, 0.05) is 0 Å². The van der Waals surface area contributed by atoms with E-state index in [2.05, 4.69) is 52.9 Å². The maximum absolute atomic E-state index is 4.58.